The largest absolute Gasteiger partial charge is 0.501 e. The first-order valence-electron chi connectivity index (χ1n) is 13.0. The highest BCUT2D eigenvalue weighted by molar-refractivity contribution is 7.84. The van der Waals surface area contributed by atoms with Crippen molar-refractivity contribution < 1.29 is 18.5 Å². The number of likely N-dealkylation sites (N-methyl/N-ethyl adjacent to an activating group) is 1. The number of aromatic hydroxyl groups is 1. The maximum absolute atomic E-state index is 14.1. The first-order chi connectivity index (χ1) is 19.3. The van der Waals surface area contributed by atoms with E-state index in [0.717, 1.165) is 42.8 Å². The van der Waals surface area contributed by atoms with Crippen molar-refractivity contribution >= 4 is 39.9 Å². The van der Waals surface area contributed by atoms with Crippen molar-refractivity contribution in [3.8, 4) is 16.5 Å². The molecule has 1 amide bonds. The van der Waals surface area contributed by atoms with Gasteiger partial charge in [-0.1, -0.05) is 6.07 Å². The number of carbonyl (C=O) groups excluding carboxylic acids is 1. The number of halogens is 1. The van der Waals surface area contributed by atoms with Gasteiger partial charge >= 0.3 is 5.56 Å². The molecule has 2 aliphatic heterocycles. The van der Waals surface area contributed by atoms with Crippen LogP contribution in [0, 0.1) is 5.82 Å². The molecular weight excluding hydrogens is 557 g/mol. The van der Waals surface area contributed by atoms with Gasteiger partial charge in [0.2, 0.25) is 17.4 Å². The number of rotatable bonds is 6. The zero-order chi connectivity index (χ0) is 28.0. The van der Waals surface area contributed by atoms with Gasteiger partial charge in [0.1, 0.15) is 17.4 Å². The molecule has 40 heavy (non-hydrogen) atoms. The minimum Gasteiger partial charge on any atom is -0.501 e. The molecule has 1 unspecified atom stereocenters. The lowest BCUT2D eigenvalue weighted by atomic mass is 10.1. The molecule has 3 aromatic heterocycles. The van der Waals surface area contributed by atoms with Crippen LogP contribution in [-0.4, -0.2) is 76.6 Å². The van der Waals surface area contributed by atoms with Gasteiger partial charge in [-0.05, 0) is 37.0 Å². The van der Waals surface area contributed by atoms with Crippen LogP contribution in [0.3, 0.4) is 0 Å². The topological polar surface area (TPSA) is 116 Å². The minimum absolute atomic E-state index is 0.0354. The standard InChI is InChI=1S/C26H28FN7O4S2/c1-30-9-12-34(40(30)38)20-14-18(27)6-5-17(20)13-19-15-28-24(39-19)22-23(36)25(37)33-11-10-32(26(33)29-22)16-21(35)31-7-3-2-4-8-31/h5-6,10-11,14-15,36H,2-4,7-9,12-13,16H2,1H3. The van der Waals surface area contributed by atoms with E-state index >= 15 is 0 Å². The van der Waals surface area contributed by atoms with Gasteiger partial charge < -0.3 is 14.6 Å². The van der Waals surface area contributed by atoms with Crippen molar-refractivity contribution in [1.82, 2.24) is 28.1 Å². The Morgan fingerprint density at radius 1 is 1.15 bits per heavy atom. The molecular formula is C26H28FN7O4S2. The molecule has 0 aliphatic carbocycles. The molecule has 0 radical (unpaired) electrons. The van der Waals surface area contributed by atoms with Crippen molar-refractivity contribution in [2.75, 3.05) is 37.5 Å². The molecule has 1 N–H and O–H groups in total. The van der Waals surface area contributed by atoms with E-state index in [9.17, 15) is 23.3 Å². The molecule has 2 aliphatic rings. The van der Waals surface area contributed by atoms with E-state index in [4.69, 9.17) is 0 Å². The number of thiazole rings is 1. The van der Waals surface area contributed by atoms with E-state index < -0.39 is 28.3 Å². The maximum Gasteiger partial charge on any atom is 0.302 e. The lowest BCUT2D eigenvalue weighted by Crippen LogP contribution is -2.37. The fourth-order valence-electron chi connectivity index (χ4n) is 5.09. The van der Waals surface area contributed by atoms with E-state index in [1.165, 1.54) is 34.1 Å². The molecule has 1 atom stereocenters. The van der Waals surface area contributed by atoms with Gasteiger partial charge in [0.15, 0.2) is 16.9 Å². The fraction of sp³-hybridized carbons (Fsp3) is 0.385. The fourth-order valence-corrected chi connectivity index (χ4v) is 7.17. The zero-order valence-electron chi connectivity index (χ0n) is 21.8. The summed E-state index contributed by atoms with van der Waals surface area (Å²) >= 11 is -0.154. The smallest absolute Gasteiger partial charge is 0.302 e. The molecule has 1 aromatic carbocycles. The van der Waals surface area contributed by atoms with Crippen LogP contribution in [0.1, 0.15) is 29.7 Å². The van der Waals surface area contributed by atoms with Crippen LogP contribution in [0.15, 0.2) is 41.6 Å². The van der Waals surface area contributed by atoms with Gasteiger partial charge in [-0.15, -0.1) is 11.3 Å². The first-order valence-corrected chi connectivity index (χ1v) is 14.9. The number of aromatic nitrogens is 4. The average molecular weight is 586 g/mol. The molecule has 14 heteroatoms. The van der Waals surface area contributed by atoms with E-state index in [1.807, 2.05) is 4.90 Å². The third-order valence-corrected chi connectivity index (χ3v) is 9.73. The van der Waals surface area contributed by atoms with Crippen LogP contribution in [0.25, 0.3) is 16.5 Å². The minimum atomic E-state index is -1.40. The summed E-state index contributed by atoms with van der Waals surface area (Å²) in [6.07, 6.45) is 8.18. The van der Waals surface area contributed by atoms with Crippen LogP contribution < -0.4 is 9.86 Å². The summed E-state index contributed by atoms with van der Waals surface area (Å²) in [4.78, 5) is 37.4. The summed E-state index contributed by atoms with van der Waals surface area (Å²) in [5.41, 5.74) is 0.711. The lowest BCUT2D eigenvalue weighted by Gasteiger charge is -2.26. The molecule has 2 fully saturated rings. The Kier molecular flexibility index (Phi) is 7.15. The highest BCUT2D eigenvalue weighted by Crippen LogP contribution is 2.33. The third kappa shape index (κ3) is 4.90. The van der Waals surface area contributed by atoms with E-state index in [2.05, 4.69) is 9.97 Å². The van der Waals surface area contributed by atoms with E-state index in [-0.39, 0.29) is 23.9 Å². The van der Waals surface area contributed by atoms with Crippen LogP contribution in [0.5, 0.6) is 5.75 Å². The third-order valence-electron chi connectivity index (χ3n) is 7.25. The Labute approximate surface area is 235 Å². The highest BCUT2D eigenvalue weighted by Gasteiger charge is 2.28. The van der Waals surface area contributed by atoms with Crippen molar-refractivity contribution in [2.45, 2.75) is 32.2 Å². The molecule has 4 aromatic rings. The molecule has 2 saturated heterocycles. The summed E-state index contributed by atoms with van der Waals surface area (Å²) in [7, 11) is 1.75. The van der Waals surface area contributed by atoms with Gasteiger partial charge in [-0.2, -0.15) is 0 Å². The van der Waals surface area contributed by atoms with Crippen molar-refractivity contribution in [3.63, 3.8) is 0 Å². The van der Waals surface area contributed by atoms with Crippen molar-refractivity contribution in [2.24, 2.45) is 0 Å². The molecule has 0 spiro atoms. The quantitative estimate of drug-likeness (QED) is 0.372. The number of fused-ring (bicyclic) bond motifs is 1. The zero-order valence-corrected chi connectivity index (χ0v) is 23.5. The Bertz CT molecular complexity index is 1680. The van der Waals surface area contributed by atoms with Gasteiger partial charge in [0, 0.05) is 63.1 Å². The van der Waals surface area contributed by atoms with Gasteiger partial charge in [0.05, 0.1) is 5.69 Å². The number of hydrogen-bond donors (Lipinski definition) is 1. The van der Waals surface area contributed by atoms with Gasteiger partial charge in [-0.3, -0.25) is 13.9 Å². The Hall–Kier alpha value is -3.62. The predicted molar refractivity (Wildman–Crippen MR) is 150 cm³/mol. The number of piperidine rings is 1. The summed E-state index contributed by atoms with van der Waals surface area (Å²) in [6.45, 7) is 2.59. The number of amides is 1. The van der Waals surface area contributed by atoms with E-state index in [0.29, 0.717) is 30.2 Å². The van der Waals surface area contributed by atoms with Gasteiger partial charge in [-0.25, -0.2) is 27.3 Å². The number of carbonyl (C=O) groups is 1. The van der Waals surface area contributed by atoms with Crippen LogP contribution in [-0.2, 0) is 28.9 Å². The second-order valence-corrected chi connectivity index (χ2v) is 12.6. The molecule has 0 saturated carbocycles. The highest BCUT2D eigenvalue weighted by atomic mass is 32.2. The first kappa shape index (κ1) is 26.6. The number of anilines is 1. The Morgan fingerprint density at radius 3 is 2.70 bits per heavy atom. The molecule has 11 nitrogen and oxygen atoms in total. The SMILES string of the molecule is CN1CCN(c2cc(F)ccc2Cc2cnc(-c3nc4n(CC(=O)N5CCCCC5)ccn4c(=O)c3O)s2)S1=O. The van der Waals surface area contributed by atoms with Gasteiger partial charge in [0.25, 0.3) is 0 Å². The summed E-state index contributed by atoms with van der Waals surface area (Å²) in [5, 5.41) is 11.1. The van der Waals surface area contributed by atoms with E-state index in [1.54, 1.807) is 38.7 Å². The number of benzene rings is 1. The normalized spacial score (nSPS) is 18.2. The van der Waals surface area contributed by atoms with Crippen molar-refractivity contribution in [3.05, 3.63) is 63.4 Å². The average Bonchev–Trinajstić information content (AvgIpc) is 3.67. The predicted octanol–water partition coefficient (Wildman–Crippen LogP) is 2.40. The molecule has 0 bridgehead atoms. The second kappa shape index (κ2) is 10.7. The van der Waals surface area contributed by atoms with Crippen LogP contribution in [0.2, 0.25) is 0 Å². The Morgan fingerprint density at radius 2 is 1.95 bits per heavy atom. The van der Waals surface area contributed by atoms with Crippen molar-refractivity contribution in [1.29, 1.82) is 0 Å². The lowest BCUT2D eigenvalue weighted by molar-refractivity contribution is -0.132. The molecule has 5 heterocycles. The second-order valence-electron chi connectivity index (χ2n) is 9.92. The maximum atomic E-state index is 14.1. The summed E-state index contributed by atoms with van der Waals surface area (Å²) in [5.74, 6) is -0.753. The summed E-state index contributed by atoms with van der Waals surface area (Å²) < 4.78 is 33.0. The number of nitrogens with zero attached hydrogens (tertiary/aromatic N) is 7. The molecule has 210 valence electrons. The van der Waals surface area contributed by atoms with Crippen LogP contribution in [0.4, 0.5) is 10.1 Å². The van der Waals surface area contributed by atoms with Crippen LogP contribution >= 0.6 is 11.3 Å². The number of hydrogen-bond acceptors (Lipinski definition) is 7. The number of likely N-dealkylation sites (tertiary alicyclic amines) is 1. The number of imidazole rings is 1. The molecule has 6 rings (SSSR count). The monoisotopic (exact) mass is 585 g/mol. The summed E-state index contributed by atoms with van der Waals surface area (Å²) in [6, 6.07) is 4.42. The Balaban J connectivity index is 1.29.